The van der Waals surface area contributed by atoms with E-state index in [9.17, 15) is 42.3 Å². The van der Waals surface area contributed by atoms with Crippen molar-refractivity contribution in [1.82, 2.24) is 14.5 Å². The van der Waals surface area contributed by atoms with Crippen LogP contribution in [0.4, 0.5) is 16.2 Å². The van der Waals surface area contributed by atoms with Crippen molar-refractivity contribution >= 4 is 90.8 Å². The number of imide groups is 1. The van der Waals surface area contributed by atoms with Crippen LogP contribution >= 0.6 is 22.9 Å². The first-order valence-electron chi connectivity index (χ1n) is 22.4. The molecule has 1 aromatic heterocycles. The van der Waals surface area contributed by atoms with Crippen molar-refractivity contribution in [1.29, 1.82) is 0 Å². The van der Waals surface area contributed by atoms with Gasteiger partial charge in [-0.3, -0.25) is 24.6 Å². The minimum absolute atomic E-state index is 0.0312. The number of amides is 5. The summed E-state index contributed by atoms with van der Waals surface area (Å²) < 4.78 is 41.2. The van der Waals surface area contributed by atoms with Crippen molar-refractivity contribution in [2.75, 3.05) is 36.5 Å². The number of piperidine rings is 3. The van der Waals surface area contributed by atoms with Gasteiger partial charge >= 0.3 is 18.0 Å². The molecule has 5 aromatic rings. The summed E-state index contributed by atoms with van der Waals surface area (Å²) >= 11 is 7.36. The molecule has 0 bridgehead atoms. The molecule has 2 atom stereocenters. The first-order valence-corrected chi connectivity index (χ1v) is 25.2. The van der Waals surface area contributed by atoms with E-state index in [1.807, 2.05) is 38.1 Å². The second kappa shape index (κ2) is 18.8. The summed E-state index contributed by atoms with van der Waals surface area (Å²) in [4.78, 5) is 78.3. The molecule has 4 aliphatic heterocycles. The molecule has 0 saturated carbocycles. The third kappa shape index (κ3) is 9.47. The van der Waals surface area contributed by atoms with Crippen LogP contribution in [0.3, 0.4) is 0 Å². The van der Waals surface area contributed by atoms with E-state index in [0.717, 1.165) is 27.7 Å². The number of carboxylic acid groups (broad SMARTS) is 2. The van der Waals surface area contributed by atoms with E-state index in [1.165, 1.54) is 9.21 Å². The molecule has 20 heteroatoms. The number of hydrogen-bond donors (Lipinski definition) is 4. The highest BCUT2D eigenvalue weighted by molar-refractivity contribution is 7.88. The molecular weight excluding hydrogens is 950 g/mol. The average Bonchev–Trinajstić information content (AvgIpc) is 3.78. The third-order valence-corrected chi connectivity index (χ3v) is 16.9. The van der Waals surface area contributed by atoms with Gasteiger partial charge in [-0.05, 0) is 104 Å². The molecule has 3 saturated heterocycles. The first-order chi connectivity index (χ1) is 32.9. The summed E-state index contributed by atoms with van der Waals surface area (Å²) in [6.07, 6.45) is 2.15. The van der Waals surface area contributed by atoms with Gasteiger partial charge < -0.3 is 29.9 Å². The van der Waals surface area contributed by atoms with Crippen LogP contribution in [-0.2, 0) is 30.2 Å². The molecule has 4 aromatic carbocycles. The Morgan fingerprint density at radius 1 is 0.928 bits per heavy atom. The zero-order chi connectivity index (χ0) is 48.9. The van der Waals surface area contributed by atoms with Crippen LogP contribution in [0.25, 0.3) is 21.2 Å². The number of carbonyl (C=O) groups excluding carboxylic acids is 4. The lowest BCUT2D eigenvalue weighted by Crippen LogP contribution is -2.55. The van der Waals surface area contributed by atoms with Crippen molar-refractivity contribution in [2.45, 2.75) is 81.7 Å². The Bertz CT molecular complexity index is 3060. The van der Waals surface area contributed by atoms with Gasteiger partial charge in [-0.1, -0.05) is 54.1 Å². The number of halogens is 1. The molecule has 0 aliphatic carbocycles. The Morgan fingerprint density at radius 3 is 2.41 bits per heavy atom. The van der Waals surface area contributed by atoms with Crippen LogP contribution in [0.1, 0.15) is 89.4 Å². The Morgan fingerprint density at radius 2 is 1.68 bits per heavy atom. The van der Waals surface area contributed by atoms with Crippen molar-refractivity contribution in [3.05, 3.63) is 105 Å². The number of carboxylic acids is 2. The normalized spacial score (nSPS) is 19.7. The molecule has 0 spiro atoms. The van der Waals surface area contributed by atoms with E-state index in [1.54, 1.807) is 59.5 Å². The smallest absolute Gasteiger partial charge is 0.349 e. The van der Waals surface area contributed by atoms with Gasteiger partial charge in [0.25, 0.3) is 5.91 Å². The van der Waals surface area contributed by atoms with Gasteiger partial charge in [0.15, 0.2) is 17.2 Å². The van der Waals surface area contributed by atoms with Crippen LogP contribution in [0.2, 0.25) is 5.02 Å². The van der Waals surface area contributed by atoms with Crippen molar-refractivity contribution in [2.24, 2.45) is 0 Å². The molecule has 3 fully saturated rings. The molecule has 4 aliphatic rings. The molecule has 0 radical (unpaired) electrons. The molecular formula is C49H48ClN5O12S2. The summed E-state index contributed by atoms with van der Waals surface area (Å²) in [5.41, 5.74) is 2.91. The summed E-state index contributed by atoms with van der Waals surface area (Å²) in [6, 6.07) is 22.1. The predicted molar refractivity (Wildman–Crippen MR) is 258 cm³/mol. The minimum Gasteiger partial charge on any atom is -0.490 e. The highest BCUT2D eigenvalue weighted by atomic mass is 35.5. The standard InChI is InChI=1S/C49H48ClN5O12S2/c1-49(2)24-32(67-31-9-4-7-29(23-31)43-41(50)42(66-25-39(57)58)44(68-43)47(61)62)18-21-54(49)69(64,65)26-27-6-3-8-30(22-27)51-48(63)53-19-16-28(17-20-53)33-12-13-36-40-34(33)10-5-11-35(40)46(60)55(36)37-14-15-38(56)52-45(37)59/h3-13,22-23,28,32,37H,14-21,24-26H2,1-2H3,(H,51,63)(H,57,58)(H,61,62)(H,52,56,59)/t32-,37?/m1/s1. The van der Waals surface area contributed by atoms with Gasteiger partial charge in [0.2, 0.25) is 21.8 Å². The number of carbonyl (C=O) groups is 6. The Hall–Kier alpha value is -6.54. The number of ether oxygens (including phenoxy) is 2. The number of rotatable bonds is 13. The number of aromatic carboxylic acids is 1. The lowest BCUT2D eigenvalue weighted by Gasteiger charge is -2.44. The van der Waals surface area contributed by atoms with Gasteiger partial charge in [0.1, 0.15) is 22.9 Å². The van der Waals surface area contributed by atoms with E-state index in [4.69, 9.17) is 26.2 Å². The van der Waals surface area contributed by atoms with Gasteiger partial charge in [-0.2, -0.15) is 4.31 Å². The van der Waals surface area contributed by atoms with Gasteiger partial charge in [0, 0.05) is 54.7 Å². The maximum absolute atomic E-state index is 14.1. The molecule has 360 valence electrons. The summed E-state index contributed by atoms with van der Waals surface area (Å²) in [5.74, 6) is -3.64. The molecule has 69 heavy (non-hydrogen) atoms. The SMILES string of the molecule is CC1(C)C[C@H](Oc2cccc(-c3sc(C(=O)O)c(OCC(=O)O)c3Cl)c2)CCN1S(=O)(=O)Cc1cccc(NC(=O)N2CCC(c3ccc4c5c(cccc35)C(=O)N4C3CCC(=O)NC3=O)CC2)c1. The van der Waals surface area contributed by atoms with E-state index >= 15 is 0 Å². The topological polar surface area (TPSA) is 229 Å². The van der Waals surface area contributed by atoms with E-state index in [-0.39, 0.29) is 70.7 Å². The highest BCUT2D eigenvalue weighted by Crippen LogP contribution is 2.47. The number of anilines is 2. The molecule has 1 unspecified atom stereocenters. The molecule has 17 nitrogen and oxygen atoms in total. The van der Waals surface area contributed by atoms with Crippen LogP contribution in [0.5, 0.6) is 11.5 Å². The number of aliphatic carboxylic acids is 1. The average molecular weight is 999 g/mol. The lowest BCUT2D eigenvalue weighted by molar-refractivity contribution is -0.139. The third-order valence-electron chi connectivity index (χ3n) is 13.2. The van der Waals surface area contributed by atoms with Crippen molar-refractivity contribution < 1.29 is 56.9 Å². The van der Waals surface area contributed by atoms with Gasteiger partial charge in [-0.25, -0.2) is 22.8 Å². The second-order valence-corrected chi connectivity index (χ2v) is 21.5. The summed E-state index contributed by atoms with van der Waals surface area (Å²) in [5, 5.41) is 25.8. The molecule has 4 N–H and O–H groups in total. The van der Waals surface area contributed by atoms with E-state index < -0.39 is 46.1 Å². The number of hydrogen-bond acceptors (Lipinski definition) is 11. The lowest BCUT2D eigenvalue weighted by atomic mass is 9.85. The maximum atomic E-state index is 14.1. The van der Waals surface area contributed by atoms with Crippen LogP contribution < -0.4 is 25.0 Å². The number of nitrogens with one attached hydrogen (secondary N) is 2. The number of nitrogens with zero attached hydrogens (tertiary/aromatic N) is 3. The zero-order valence-corrected chi connectivity index (χ0v) is 39.9. The number of sulfonamides is 1. The van der Waals surface area contributed by atoms with E-state index in [2.05, 4.69) is 10.6 Å². The van der Waals surface area contributed by atoms with Crippen molar-refractivity contribution in [3.8, 4) is 21.9 Å². The minimum atomic E-state index is -3.85. The Labute approximate surface area is 406 Å². The van der Waals surface area contributed by atoms with Crippen LogP contribution in [-0.4, -0.2) is 107 Å². The number of benzene rings is 4. The second-order valence-electron chi connectivity index (χ2n) is 18.2. The largest absolute Gasteiger partial charge is 0.490 e. The fraction of sp³-hybridized carbons (Fsp3) is 0.347. The Kier molecular flexibility index (Phi) is 12.9. The number of likely N-dealkylation sites (tertiary alicyclic amines) is 1. The van der Waals surface area contributed by atoms with Crippen molar-refractivity contribution in [3.63, 3.8) is 0 Å². The number of thiophene rings is 1. The van der Waals surface area contributed by atoms with Gasteiger partial charge in [0.05, 0.1) is 16.3 Å². The fourth-order valence-electron chi connectivity index (χ4n) is 10.1. The molecule has 5 heterocycles. The van der Waals surface area contributed by atoms with E-state index in [0.29, 0.717) is 77.5 Å². The molecule has 9 rings (SSSR count). The monoisotopic (exact) mass is 997 g/mol. The molecule has 5 amide bonds. The van der Waals surface area contributed by atoms with Gasteiger partial charge in [-0.15, -0.1) is 11.3 Å². The summed E-state index contributed by atoms with van der Waals surface area (Å²) in [7, 11) is -3.85. The summed E-state index contributed by atoms with van der Waals surface area (Å²) in [6.45, 7) is 4.05. The van der Waals surface area contributed by atoms with Crippen LogP contribution in [0, 0.1) is 0 Å². The quantitative estimate of drug-likeness (QED) is 0.0832. The Balaban J connectivity index is 0.803. The highest BCUT2D eigenvalue weighted by Gasteiger charge is 2.43. The van der Waals surface area contributed by atoms with Crippen LogP contribution in [0.15, 0.2) is 78.9 Å². The number of urea groups is 1. The predicted octanol–water partition coefficient (Wildman–Crippen LogP) is 7.71. The maximum Gasteiger partial charge on any atom is 0.349 e. The zero-order valence-electron chi connectivity index (χ0n) is 37.5. The fourth-order valence-corrected chi connectivity index (χ4v) is 13.4. The first kappa shape index (κ1) is 47.5.